The standard InChI is InChI=1S/C11H16N2O3S/c1-13(2)17(14,15)11-6-4-10(5-7-11)8-9-12-16-3/h4-9,12H,1-3H3. The topological polar surface area (TPSA) is 58.6 Å². The van der Waals surface area contributed by atoms with Crippen molar-refractivity contribution in [3.63, 3.8) is 0 Å². The molecule has 17 heavy (non-hydrogen) atoms. The summed E-state index contributed by atoms with van der Waals surface area (Å²) in [6.07, 6.45) is 3.39. The summed E-state index contributed by atoms with van der Waals surface area (Å²) in [6.45, 7) is 0. The van der Waals surface area contributed by atoms with Crippen molar-refractivity contribution < 1.29 is 13.3 Å². The number of hydrogen-bond acceptors (Lipinski definition) is 4. The molecular formula is C11H16N2O3S. The van der Waals surface area contributed by atoms with Crippen molar-refractivity contribution in [3.8, 4) is 0 Å². The molecule has 5 nitrogen and oxygen atoms in total. The summed E-state index contributed by atoms with van der Waals surface area (Å²) in [5.74, 6) is 0. The van der Waals surface area contributed by atoms with Crippen molar-refractivity contribution in [1.29, 1.82) is 0 Å². The lowest BCUT2D eigenvalue weighted by atomic mass is 10.2. The molecule has 0 fully saturated rings. The highest BCUT2D eigenvalue weighted by Gasteiger charge is 2.15. The summed E-state index contributed by atoms with van der Waals surface area (Å²) >= 11 is 0. The van der Waals surface area contributed by atoms with Crippen LogP contribution in [0.1, 0.15) is 5.56 Å². The first-order valence-electron chi connectivity index (χ1n) is 4.96. The third-order valence-corrected chi connectivity index (χ3v) is 3.95. The second-order valence-corrected chi connectivity index (χ2v) is 5.66. The summed E-state index contributed by atoms with van der Waals surface area (Å²) in [5.41, 5.74) is 3.43. The molecule has 6 heteroatoms. The lowest BCUT2D eigenvalue weighted by Gasteiger charge is -2.11. The fraction of sp³-hybridized carbons (Fsp3) is 0.273. The Morgan fingerprint density at radius 1 is 1.24 bits per heavy atom. The number of hydrogen-bond donors (Lipinski definition) is 1. The maximum atomic E-state index is 11.8. The van der Waals surface area contributed by atoms with Crippen molar-refractivity contribution in [2.75, 3.05) is 21.2 Å². The quantitative estimate of drug-likeness (QED) is 0.800. The first kappa shape index (κ1) is 13.7. The number of benzene rings is 1. The molecule has 1 rings (SSSR count). The van der Waals surface area contributed by atoms with Crippen LogP contribution in [0, 0.1) is 0 Å². The molecule has 1 aromatic carbocycles. The molecule has 0 saturated heterocycles. The molecule has 0 aliphatic rings. The Morgan fingerprint density at radius 3 is 2.29 bits per heavy atom. The number of rotatable bonds is 5. The van der Waals surface area contributed by atoms with Crippen LogP contribution in [0.15, 0.2) is 35.4 Å². The minimum atomic E-state index is -3.35. The van der Waals surface area contributed by atoms with Gasteiger partial charge in [-0.15, -0.1) is 0 Å². The van der Waals surface area contributed by atoms with Crippen LogP contribution in [0.3, 0.4) is 0 Å². The molecule has 94 valence electrons. The lowest BCUT2D eigenvalue weighted by Crippen LogP contribution is -2.22. The second kappa shape index (κ2) is 5.81. The number of sulfonamides is 1. The Bertz CT molecular complexity index is 478. The summed E-state index contributed by atoms with van der Waals surface area (Å²) in [6, 6.07) is 6.60. The van der Waals surface area contributed by atoms with E-state index in [1.54, 1.807) is 36.5 Å². The molecule has 0 unspecified atom stereocenters. The van der Waals surface area contributed by atoms with Crippen LogP contribution in [0.2, 0.25) is 0 Å². The van der Waals surface area contributed by atoms with Crippen LogP contribution in [0.5, 0.6) is 0 Å². The van der Waals surface area contributed by atoms with E-state index in [1.165, 1.54) is 25.5 Å². The molecular weight excluding hydrogens is 240 g/mol. The zero-order valence-corrected chi connectivity index (χ0v) is 10.9. The van der Waals surface area contributed by atoms with Gasteiger partial charge in [0.2, 0.25) is 10.0 Å². The molecule has 0 spiro atoms. The van der Waals surface area contributed by atoms with E-state index in [9.17, 15) is 8.42 Å². The minimum absolute atomic E-state index is 0.277. The van der Waals surface area contributed by atoms with Crippen LogP contribution in [-0.2, 0) is 14.9 Å². The molecule has 0 radical (unpaired) electrons. The van der Waals surface area contributed by atoms with Crippen molar-refractivity contribution in [3.05, 3.63) is 36.0 Å². The zero-order valence-electron chi connectivity index (χ0n) is 10.0. The molecule has 0 heterocycles. The van der Waals surface area contributed by atoms with Crippen LogP contribution < -0.4 is 5.48 Å². The first-order valence-corrected chi connectivity index (χ1v) is 6.40. The maximum Gasteiger partial charge on any atom is 0.242 e. The van der Waals surface area contributed by atoms with E-state index in [0.29, 0.717) is 0 Å². The van der Waals surface area contributed by atoms with E-state index in [2.05, 4.69) is 10.3 Å². The van der Waals surface area contributed by atoms with E-state index in [4.69, 9.17) is 0 Å². The van der Waals surface area contributed by atoms with Crippen LogP contribution in [0.4, 0.5) is 0 Å². The van der Waals surface area contributed by atoms with E-state index >= 15 is 0 Å². The third kappa shape index (κ3) is 3.55. The molecule has 0 aromatic heterocycles. The summed E-state index contributed by atoms with van der Waals surface area (Å²) in [4.78, 5) is 4.91. The van der Waals surface area contributed by atoms with Gasteiger partial charge in [-0.3, -0.25) is 10.3 Å². The van der Waals surface area contributed by atoms with Gasteiger partial charge in [0.25, 0.3) is 0 Å². The average Bonchev–Trinajstić information content (AvgIpc) is 2.30. The van der Waals surface area contributed by atoms with Crippen LogP contribution in [0.25, 0.3) is 6.08 Å². The number of nitrogens with zero attached hydrogens (tertiary/aromatic N) is 1. The van der Waals surface area contributed by atoms with Gasteiger partial charge in [-0.25, -0.2) is 12.7 Å². The normalized spacial score (nSPS) is 12.2. The van der Waals surface area contributed by atoms with Gasteiger partial charge in [0.1, 0.15) is 0 Å². The van der Waals surface area contributed by atoms with Gasteiger partial charge in [0, 0.05) is 20.3 Å². The average molecular weight is 256 g/mol. The lowest BCUT2D eigenvalue weighted by molar-refractivity contribution is 0.129. The Labute approximate surface area is 102 Å². The van der Waals surface area contributed by atoms with Crippen molar-refractivity contribution in [2.45, 2.75) is 4.90 Å². The molecule has 0 aliphatic heterocycles. The highest BCUT2D eigenvalue weighted by molar-refractivity contribution is 7.89. The van der Waals surface area contributed by atoms with Gasteiger partial charge in [-0.2, -0.15) is 0 Å². The van der Waals surface area contributed by atoms with Gasteiger partial charge in [-0.1, -0.05) is 12.1 Å². The Kier molecular flexibility index (Phi) is 4.68. The molecule has 0 bridgehead atoms. The predicted octanol–water partition coefficient (Wildman–Crippen LogP) is 1.06. The fourth-order valence-electron chi connectivity index (χ4n) is 1.16. The summed E-state index contributed by atoms with van der Waals surface area (Å²) in [7, 11) is 1.17. The van der Waals surface area contributed by atoms with Gasteiger partial charge < -0.3 is 0 Å². The SMILES string of the molecule is CONC=Cc1ccc(S(=O)(=O)N(C)C)cc1. The smallest absolute Gasteiger partial charge is 0.242 e. The highest BCUT2D eigenvalue weighted by Crippen LogP contribution is 2.14. The molecule has 1 N–H and O–H groups in total. The van der Waals surface area contributed by atoms with Gasteiger partial charge in [0.05, 0.1) is 12.0 Å². The molecule has 0 saturated carbocycles. The highest BCUT2D eigenvalue weighted by atomic mass is 32.2. The van der Waals surface area contributed by atoms with E-state index in [0.717, 1.165) is 5.56 Å². The predicted molar refractivity (Wildman–Crippen MR) is 66.5 cm³/mol. The van der Waals surface area contributed by atoms with Crippen LogP contribution >= 0.6 is 0 Å². The van der Waals surface area contributed by atoms with Gasteiger partial charge in [-0.05, 0) is 23.8 Å². The Balaban J connectivity index is 2.89. The molecule has 0 aliphatic carbocycles. The summed E-state index contributed by atoms with van der Waals surface area (Å²) < 4.78 is 24.7. The fourth-order valence-corrected chi connectivity index (χ4v) is 2.06. The van der Waals surface area contributed by atoms with E-state index < -0.39 is 10.0 Å². The minimum Gasteiger partial charge on any atom is -0.280 e. The monoisotopic (exact) mass is 256 g/mol. The Morgan fingerprint density at radius 2 is 1.82 bits per heavy atom. The van der Waals surface area contributed by atoms with Crippen molar-refractivity contribution in [2.24, 2.45) is 0 Å². The van der Waals surface area contributed by atoms with E-state index in [-0.39, 0.29) is 4.90 Å². The van der Waals surface area contributed by atoms with Crippen LogP contribution in [-0.4, -0.2) is 33.9 Å². The van der Waals surface area contributed by atoms with Crippen molar-refractivity contribution >= 4 is 16.1 Å². The largest absolute Gasteiger partial charge is 0.280 e. The molecule has 1 aromatic rings. The van der Waals surface area contributed by atoms with Crippen molar-refractivity contribution in [1.82, 2.24) is 9.79 Å². The van der Waals surface area contributed by atoms with Gasteiger partial charge >= 0.3 is 0 Å². The first-order chi connectivity index (χ1) is 7.98. The molecule has 0 atom stereocenters. The number of nitrogens with one attached hydrogen (secondary N) is 1. The summed E-state index contributed by atoms with van der Waals surface area (Å²) in [5, 5.41) is 0. The third-order valence-electron chi connectivity index (χ3n) is 2.12. The van der Waals surface area contributed by atoms with Gasteiger partial charge in [0.15, 0.2) is 0 Å². The Hall–Kier alpha value is -1.37. The maximum absolute atomic E-state index is 11.8. The zero-order chi connectivity index (χ0) is 12.9. The number of hydroxylamine groups is 1. The second-order valence-electron chi connectivity index (χ2n) is 3.51. The molecule has 0 amide bonds. The van der Waals surface area contributed by atoms with E-state index in [1.807, 2.05) is 0 Å².